The first kappa shape index (κ1) is 12.9. The molecule has 1 N–H and O–H groups in total. The number of carbonyl (C=O) groups is 2. The van der Waals surface area contributed by atoms with Crippen LogP contribution in [0.15, 0.2) is 35.7 Å². The minimum absolute atomic E-state index is 0.179. The van der Waals surface area contributed by atoms with E-state index in [9.17, 15) is 9.59 Å². The second kappa shape index (κ2) is 5.09. The fraction of sp³-hybridized carbons (Fsp3) is 0.231. The van der Waals surface area contributed by atoms with Gasteiger partial charge in [-0.05, 0) is 24.6 Å². The molecule has 1 aliphatic heterocycles. The predicted octanol–water partition coefficient (Wildman–Crippen LogP) is 1.54. The van der Waals surface area contributed by atoms with Crippen LogP contribution in [0.3, 0.4) is 0 Å². The van der Waals surface area contributed by atoms with E-state index in [4.69, 9.17) is 0 Å². The van der Waals surface area contributed by atoms with Gasteiger partial charge in [-0.2, -0.15) is 5.10 Å². The number of aromatic amines is 1. The maximum Gasteiger partial charge on any atom is 0.247 e. The highest BCUT2D eigenvalue weighted by atomic mass is 32.2. The topological polar surface area (TPSA) is 79.0 Å². The van der Waals surface area contributed by atoms with Crippen molar-refractivity contribution in [2.45, 2.75) is 23.8 Å². The second-order valence-electron chi connectivity index (χ2n) is 4.51. The van der Waals surface area contributed by atoms with Crippen LogP contribution in [0.4, 0.5) is 5.69 Å². The third-order valence-electron chi connectivity index (χ3n) is 3.01. The Morgan fingerprint density at radius 3 is 2.95 bits per heavy atom. The quantitative estimate of drug-likeness (QED) is 0.867. The smallest absolute Gasteiger partial charge is 0.247 e. The molecule has 102 valence electrons. The molecule has 1 aromatic heterocycles. The Bertz CT molecular complexity index is 656. The molecule has 2 aromatic rings. The number of H-pyrrole nitrogens is 1. The zero-order valence-electron chi connectivity index (χ0n) is 10.7. The lowest BCUT2D eigenvalue weighted by Gasteiger charge is -2.15. The summed E-state index contributed by atoms with van der Waals surface area (Å²) in [5.41, 5.74) is 1.63. The monoisotopic (exact) mass is 288 g/mol. The van der Waals surface area contributed by atoms with Gasteiger partial charge in [0.05, 0.1) is 5.69 Å². The number of imide groups is 1. The summed E-state index contributed by atoms with van der Waals surface area (Å²) in [5.74, 6) is -0.389. The zero-order chi connectivity index (χ0) is 14.1. The highest BCUT2D eigenvalue weighted by Crippen LogP contribution is 2.32. The summed E-state index contributed by atoms with van der Waals surface area (Å²) in [6, 6.07) is 7.36. The van der Waals surface area contributed by atoms with Gasteiger partial charge in [-0.3, -0.25) is 14.7 Å². The number of aromatic nitrogens is 3. The van der Waals surface area contributed by atoms with Crippen molar-refractivity contribution in [1.82, 2.24) is 15.2 Å². The lowest BCUT2D eigenvalue weighted by atomic mass is 10.2. The van der Waals surface area contributed by atoms with Crippen molar-refractivity contribution in [3.63, 3.8) is 0 Å². The molecule has 1 fully saturated rings. The summed E-state index contributed by atoms with van der Waals surface area (Å²) in [7, 11) is 0. The van der Waals surface area contributed by atoms with Gasteiger partial charge >= 0.3 is 0 Å². The van der Waals surface area contributed by atoms with E-state index in [1.165, 1.54) is 23.0 Å². The second-order valence-corrected chi connectivity index (χ2v) is 5.70. The number of hydrogen-bond acceptors (Lipinski definition) is 5. The zero-order valence-corrected chi connectivity index (χ0v) is 11.6. The molecular formula is C13H12N4O2S. The molecule has 0 aliphatic carbocycles. The lowest BCUT2D eigenvalue weighted by molar-refractivity contribution is -0.121. The van der Waals surface area contributed by atoms with Crippen molar-refractivity contribution in [3.8, 4) is 0 Å². The minimum atomic E-state index is -0.448. The molecule has 1 saturated heterocycles. The van der Waals surface area contributed by atoms with Gasteiger partial charge in [0.1, 0.15) is 11.6 Å². The first-order valence-electron chi connectivity index (χ1n) is 6.10. The van der Waals surface area contributed by atoms with Crippen LogP contribution in [-0.4, -0.2) is 32.2 Å². The maximum atomic E-state index is 12.4. The van der Waals surface area contributed by atoms with E-state index in [1.807, 2.05) is 25.1 Å². The molecule has 20 heavy (non-hydrogen) atoms. The van der Waals surface area contributed by atoms with Crippen molar-refractivity contribution < 1.29 is 9.59 Å². The molecule has 3 rings (SSSR count). The molecule has 0 radical (unpaired) electrons. The fourth-order valence-electron chi connectivity index (χ4n) is 2.12. The van der Waals surface area contributed by atoms with E-state index in [2.05, 4.69) is 15.2 Å². The molecule has 7 heteroatoms. The van der Waals surface area contributed by atoms with Crippen LogP contribution < -0.4 is 4.90 Å². The van der Waals surface area contributed by atoms with Crippen molar-refractivity contribution in [3.05, 3.63) is 36.2 Å². The first-order chi connectivity index (χ1) is 9.65. The number of aryl methyl sites for hydroxylation is 1. The molecule has 0 bridgehead atoms. The number of nitrogens with one attached hydrogen (secondary N) is 1. The van der Waals surface area contributed by atoms with E-state index in [0.29, 0.717) is 10.8 Å². The van der Waals surface area contributed by atoms with Crippen LogP contribution >= 0.6 is 11.8 Å². The summed E-state index contributed by atoms with van der Waals surface area (Å²) in [5, 5.41) is 6.51. The number of anilines is 1. The van der Waals surface area contributed by atoms with Gasteiger partial charge < -0.3 is 0 Å². The molecule has 1 atom stereocenters. The van der Waals surface area contributed by atoms with Crippen LogP contribution in [-0.2, 0) is 9.59 Å². The van der Waals surface area contributed by atoms with Crippen LogP contribution in [0.1, 0.15) is 12.0 Å². The normalized spacial score (nSPS) is 18.9. The molecule has 2 amide bonds. The number of benzene rings is 1. The van der Waals surface area contributed by atoms with Crippen LogP contribution in [0, 0.1) is 6.92 Å². The van der Waals surface area contributed by atoms with Crippen molar-refractivity contribution in [2.75, 3.05) is 4.90 Å². The Hall–Kier alpha value is -2.15. The maximum absolute atomic E-state index is 12.4. The summed E-state index contributed by atoms with van der Waals surface area (Å²) in [6.45, 7) is 1.93. The van der Waals surface area contributed by atoms with Crippen molar-refractivity contribution >= 4 is 29.3 Å². The van der Waals surface area contributed by atoms with E-state index in [1.54, 1.807) is 6.07 Å². The van der Waals surface area contributed by atoms with Crippen LogP contribution in [0.2, 0.25) is 0 Å². The molecule has 0 saturated carbocycles. The molecular weight excluding hydrogens is 276 g/mol. The third kappa shape index (κ3) is 2.32. The summed E-state index contributed by atoms with van der Waals surface area (Å²) < 4.78 is 0. The third-order valence-corrected chi connectivity index (χ3v) is 4.08. The highest BCUT2D eigenvalue weighted by molar-refractivity contribution is 8.00. The number of rotatable bonds is 3. The molecule has 6 nitrogen and oxygen atoms in total. The van der Waals surface area contributed by atoms with Gasteiger partial charge in [0, 0.05) is 6.42 Å². The molecule has 0 unspecified atom stereocenters. The van der Waals surface area contributed by atoms with E-state index in [-0.39, 0.29) is 18.2 Å². The lowest BCUT2D eigenvalue weighted by Crippen LogP contribution is -2.31. The largest absolute Gasteiger partial charge is 0.274 e. The summed E-state index contributed by atoms with van der Waals surface area (Å²) in [4.78, 5) is 29.7. The van der Waals surface area contributed by atoms with Crippen LogP contribution in [0.5, 0.6) is 0 Å². The van der Waals surface area contributed by atoms with Gasteiger partial charge in [-0.1, -0.05) is 23.9 Å². The molecule has 1 aromatic carbocycles. The van der Waals surface area contributed by atoms with Gasteiger partial charge in [0.2, 0.25) is 11.8 Å². The Balaban J connectivity index is 1.83. The van der Waals surface area contributed by atoms with Gasteiger partial charge in [0.15, 0.2) is 5.16 Å². The Labute approximate surface area is 119 Å². The number of carbonyl (C=O) groups excluding carboxylic acids is 2. The first-order valence-corrected chi connectivity index (χ1v) is 6.98. The molecule has 1 aliphatic rings. The summed E-state index contributed by atoms with van der Waals surface area (Å²) in [6.07, 6.45) is 1.56. The molecule has 0 spiro atoms. The Morgan fingerprint density at radius 1 is 1.40 bits per heavy atom. The van der Waals surface area contributed by atoms with E-state index >= 15 is 0 Å². The average Bonchev–Trinajstić information content (AvgIpc) is 2.99. The van der Waals surface area contributed by atoms with E-state index < -0.39 is 5.25 Å². The van der Waals surface area contributed by atoms with Crippen LogP contribution in [0.25, 0.3) is 0 Å². The number of nitrogens with zero attached hydrogens (tertiary/aromatic N) is 3. The highest BCUT2D eigenvalue weighted by Gasteiger charge is 2.40. The molecule has 2 heterocycles. The van der Waals surface area contributed by atoms with Crippen molar-refractivity contribution in [2.24, 2.45) is 0 Å². The Morgan fingerprint density at radius 2 is 2.25 bits per heavy atom. The average molecular weight is 288 g/mol. The Kier molecular flexibility index (Phi) is 3.27. The fourth-order valence-corrected chi connectivity index (χ4v) is 3.04. The SMILES string of the molecule is Cc1cccc(N2C(=O)C[C@@H](Sc3ncn[nH]3)C2=O)c1. The predicted molar refractivity (Wildman–Crippen MR) is 74.3 cm³/mol. The van der Waals surface area contributed by atoms with Gasteiger partial charge in [-0.25, -0.2) is 9.88 Å². The summed E-state index contributed by atoms with van der Waals surface area (Å²) >= 11 is 1.23. The standard InChI is InChI=1S/C13H12N4O2S/c1-8-3-2-4-9(5-8)17-11(18)6-10(12(17)19)20-13-14-7-15-16-13/h2-5,7,10H,6H2,1H3,(H,14,15,16)/t10-/m1/s1. The number of amides is 2. The minimum Gasteiger partial charge on any atom is -0.274 e. The number of thioether (sulfide) groups is 1. The van der Waals surface area contributed by atoms with E-state index in [0.717, 1.165) is 5.56 Å². The number of hydrogen-bond donors (Lipinski definition) is 1. The van der Waals surface area contributed by atoms with Gasteiger partial charge in [-0.15, -0.1) is 0 Å². The van der Waals surface area contributed by atoms with Gasteiger partial charge in [0.25, 0.3) is 0 Å². The van der Waals surface area contributed by atoms with Crippen molar-refractivity contribution in [1.29, 1.82) is 0 Å².